The first-order valence-corrected chi connectivity index (χ1v) is 28.7. The van der Waals surface area contributed by atoms with Crippen molar-refractivity contribution in [3.8, 4) is 0 Å². The molecule has 0 N–H and O–H groups in total. The van der Waals surface area contributed by atoms with E-state index in [9.17, 15) is 14.4 Å². The molecule has 1 atom stereocenters. The molecule has 0 spiro atoms. The molecule has 0 radical (unpaired) electrons. The minimum absolute atomic E-state index is 0.0701. The van der Waals surface area contributed by atoms with Gasteiger partial charge in [-0.15, -0.1) is 0 Å². The molecule has 0 aromatic heterocycles. The van der Waals surface area contributed by atoms with E-state index >= 15 is 0 Å². The number of esters is 3. The van der Waals surface area contributed by atoms with E-state index in [1.807, 2.05) is 0 Å². The maximum absolute atomic E-state index is 12.8. The van der Waals surface area contributed by atoms with Crippen LogP contribution < -0.4 is 0 Å². The Kier molecular flexibility index (Phi) is 52.2. The third kappa shape index (κ3) is 51.1. The Hall–Kier alpha value is -1.85. The molecule has 0 aliphatic heterocycles. The van der Waals surface area contributed by atoms with Crippen LogP contribution in [-0.2, 0) is 28.6 Å². The fraction of sp³-hybridized carbons (Fsp3) is 0.914. The van der Waals surface area contributed by atoms with Crippen LogP contribution in [0.5, 0.6) is 0 Å². The van der Waals surface area contributed by atoms with E-state index in [4.69, 9.17) is 14.2 Å². The summed E-state index contributed by atoms with van der Waals surface area (Å²) >= 11 is 0. The van der Waals surface area contributed by atoms with Gasteiger partial charge in [0.05, 0.1) is 0 Å². The first-order chi connectivity index (χ1) is 31.5. The zero-order valence-electron chi connectivity index (χ0n) is 43.3. The zero-order valence-corrected chi connectivity index (χ0v) is 43.3. The summed E-state index contributed by atoms with van der Waals surface area (Å²) in [5.74, 6) is -0.863. The van der Waals surface area contributed by atoms with Crippen molar-refractivity contribution in [2.45, 2.75) is 329 Å². The second-order valence-electron chi connectivity index (χ2n) is 19.6. The van der Waals surface area contributed by atoms with E-state index in [1.165, 1.54) is 212 Å². The monoisotopic (exact) mass is 903 g/mol. The average molecular weight is 904 g/mol. The van der Waals surface area contributed by atoms with Gasteiger partial charge in [-0.2, -0.15) is 0 Å². The van der Waals surface area contributed by atoms with E-state index in [-0.39, 0.29) is 31.1 Å². The molecule has 0 aromatic carbocycles. The standard InChI is InChI=1S/C58H110O6/c1-4-7-10-13-16-19-22-25-28-29-30-31-34-36-39-42-45-48-51-57(60)63-54-55(64-58(61)52-49-46-43-40-37-33-27-24-21-18-15-12-9-6-3)53-62-56(59)50-47-44-41-38-35-32-26-23-20-17-14-11-8-5-2/h33,37,55H,4-32,34-36,38-54H2,1-3H3/b37-33-. The van der Waals surface area contributed by atoms with Gasteiger partial charge in [-0.05, 0) is 44.9 Å². The molecule has 0 aliphatic rings. The van der Waals surface area contributed by atoms with E-state index < -0.39 is 6.10 Å². The highest BCUT2D eigenvalue weighted by atomic mass is 16.6. The van der Waals surface area contributed by atoms with Gasteiger partial charge in [-0.3, -0.25) is 14.4 Å². The lowest BCUT2D eigenvalue weighted by molar-refractivity contribution is -0.167. The van der Waals surface area contributed by atoms with Crippen molar-refractivity contribution in [1.82, 2.24) is 0 Å². The van der Waals surface area contributed by atoms with E-state index in [1.54, 1.807) is 0 Å². The van der Waals surface area contributed by atoms with Gasteiger partial charge < -0.3 is 14.2 Å². The van der Waals surface area contributed by atoms with E-state index in [0.29, 0.717) is 19.3 Å². The third-order valence-electron chi connectivity index (χ3n) is 13.0. The SMILES string of the molecule is CCCCCCCCC/C=C\CCCCCC(=O)OC(COC(=O)CCCCCCCCCCCCCCCC)COC(=O)CCCCCCCCCCCCCCCCCCCC. The van der Waals surface area contributed by atoms with Crippen molar-refractivity contribution in [3.05, 3.63) is 12.2 Å². The molecule has 0 saturated heterocycles. The maximum Gasteiger partial charge on any atom is 0.306 e. The smallest absolute Gasteiger partial charge is 0.306 e. The fourth-order valence-corrected chi connectivity index (χ4v) is 8.68. The second-order valence-corrected chi connectivity index (χ2v) is 19.6. The van der Waals surface area contributed by atoms with Crippen molar-refractivity contribution in [1.29, 1.82) is 0 Å². The van der Waals surface area contributed by atoms with Crippen molar-refractivity contribution in [3.63, 3.8) is 0 Å². The Balaban J connectivity index is 4.31. The number of carbonyl (C=O) groups is 3. The van der Waals surface area contributed by atoms with Gasteiger partial charge in [0.2, 0.25) is 0 Å². The normalized spacial score (nSPS) is 12.0. The maximum atomic E-state index is 12.8. The van der Waals surface area contributed by atoms with E-state index in [0.717, 1.165) is 70.6 Å². The average Bonchev–Trinajstić information content (AvgIpc) is 3.29. The topological polar surface area (TPSA) is 78.9 Å². The Labute approximate surface area is 399 Å². The minimum Gasteiger partial charge on any atom is -0.462 e. The van der Waals surface area contributed by atoms with Gasteiger partial charge in [0.25, 0.3) is 0 Å². The highest BCUT2D eigenvalue weighted by molar-refractivity contribution is 5.71. The molecule has 0 heterocycles. The molecule has 6 nitrogen and oxygen atoms in total. The predicted molar refractivity (Wildman–Crippen MR) is 275 cm³/mol. The van der Waals surface area contributed by atoms with Gasteiger partial charge in [0.1, 0.15) is 13.2 Å². The number of ether oxygens (including phenoxy) is 3. The van der Waals surface area contributed by atoms with Crippen LogP contribution in [0.2, 0.25) is 0 Å². The molecule has 1 unspecified atom stereocenters. The fourth-order valence-electron chi connectivity index (χ4n) is 8.68. The van der Waals surface area contributed by atoms with Gasteiger partial charge in [0, 0.05) is 19.3 Å². The summed E-state index contributed by atoms with van der Waals surface area (Å²) in [6.07, 6.45) is 60.6. The summed E-state index contributed by atoms with van der Waals surface area (Å²) in [4.78, 5) is 38.1. The van der Waals surface area contributed by atoms with Crippen molar-refractivity contribution >= 4 is 17.9 Å². The highest BCUT2D eigenvalue weighted by Gasteiger charge is 2.19. The summed E-state index contributed by atoms with van der Waals surface area (Å²) in [5.41, 5.74) is 0. The molecule has 0 bridgehead atoms. The van der Waals surface area contributed by atoms with Crippen molar-refractivity contribution < 1.29 is 28.6 Å². The quantitative estimate of drug-likeness (QED) is 0.0262. The molecule has 0 saturated carbocycles. The van der Waals surface area contributed by atoms with Crippen molar-refractivity contribution in [2.24, 2.45) is 0 Å². The largest absolute Gasteiger partial charge is 0.462 e. The van der Waals surface area contributed by atoms with Crippen LogP contribution in [0.3, 0.4) is 0 Å². The van der Waals surface area contributed by atoms with E-state index in [2.05, 4.69) is 32.9 Å². The molecule has 0 fully saturated rings. The molecule has 378 valence electrons. The Morgan fingerprint density at radius 2 is 0.516 bits per heavy atom. The highest BCUT2D eigenvalue weighted by Crippen LogP contribution is 2.17. The number of allylic oxidation sites excluding steroid dienone is 2. The van der Waals surface area contributed by atoms with Crippen LogP contribution in [0, 0.1) is 0 Å². The predicted octanol–water partition coefficient (Wildman–Crippen LogP) is 18.9. The number of hydrogen-bond acceptors (Lipinski definition) is 6. The van der Waals surface area contributed by atoms with Crippen LogP contribution in [-0.4, -0.2) is 37.2 Å². The summed E-state index contributed by atoms with van der Waals surface area (Å²) in [5, 5.41) is 0. The first kappa shape index (κ1) is 62.1. The molecule has 0 aliphatic carbocycles. The molecule has 64 heavy (non-hydrogen) atoms. The van der Waals surface area contributed by atoms with Gasteiger partial charge in [-0.1, -0.05) is 270 Å². The van der Waals surface area contributed by atoms with Gasteiger partial charge in [-0.25, -0.2) is 0 Å². The zero-order chi connectivity index (χ0) is 46.5. The van der Waals surface area contributed by atoms with Gasteiger partial charge >= 0.3 is 17.9 Å². The number of rotatable bonds is 53. The lowest BCUT2D eigenvalue weighted by Crippen LogP contribution is -2.30. The van der Waals surface area contributed by atoms with Crippen LogP contribution >= 0.6 is 0 Å². The molecule has 0 aromatic rings. The van der Waals surface area contributed by atoms with Crippen LogP contribution in [0.25, 0.3) is 0 Å². The lowest BCUT2D eigenvalue weighted by Gasteiger charge is -2.18. The van der Waals surface area contributed by atoms with Crippen LogP contribution in [0.15, 0.2) is 12.2 Å². The Morgan fingerprint density at radius 1 is 0.297 bits per heavy atom. The number of carbonyl (C=O) groups excluding carboxylic acids is 3. The van der Waals surface area contributed by atoms with Crippen LogP contribution in [0.1, 0.15) is 323 Å². The van der Waals surface area contributed by atoms with Crippen LogP contribution in [0.4, 0.5) is 0 Å². The minimum atomic E-state index is -0.772. The molecule has 6 heteroatoms. The molecular formula is C58H110O6. The number of hydrogen-bond donors (Lipinski definition) is 0. The number of unbranched alkanes of at least 4 members (excludes halogenated alkanes) is 40. The second kappa shape index (κ2) is 53.8. The Morgan fingerprint density at radius 3 is 0.797 bits per heavy atom. The Bertz CT molecular complexity index is 993. The summed E-state index contributed by atoms with van der Waals surface area (Å²) < 4.78 is 16.9. The van der Waals surface area contributed by atoms with Crippen molar-refractivity contribution in [2.75, 3.05) is 13.2 Å². The first-order valence-electron chi connectivity index (χ1n) is 28.7. The third-order valence-corrected chi connectivity index (χ3v) is 13.0. The molecular weight excluding hydrogens is 793 g/mol. The lowest BCUT2D eigenvalue weighted by atomic mass is 10.0. The summed E-state index contributed by atoms with van der Waals surface area (Å²) in [6, 6.07) is 0. The molecule has 0 amide bonds. The molecule has 0 rings (SSSR count). The van der Waals surface area contributed by atoms with Gasteiger partial charge in [0.15, 0.2) is 6.10 Å². The summed E-state index contributed by atoms with van der Waals surface area (Å²) in [6.45, 7) is 6.68. The summed E-state index contributed by atoms with van der Waals surface area (Å²) in [7, 11) is 0.